The number of carboxylic acid groups (broad SMARTS) is 1. The molecule has 1 aliphatic heterocycles. The first-order valence-corrected chi connectivity index (χ1v) is 6.11. The smallest absolute Gasteiger partial charge is 0.416 e. The number of morpholine rings is 1. The van der Waals surface area contributed by atoms with Gasteiger partial charge in [-0.2, -0.15) is 13.2 Å². The first kappa shape index (κ1) is 17.7. The monoisotopic (exact) mass is 325 g/mol. The molecule has 1 saturated heterocycles. The van der Waals surface area contributed by atoms with Crippen LogP contribution < -0.4 is 0 Å². The van der Waals surface area contributed by atoms with E-state index in [-0.39, 0.29) is 30.1 Å². The number of carboxylic acids is 1. The second kappa shape index (κ2) is 7.11. The zero-order valence-electron chi connectivity index (χ0n) is 11.0. The molecular weight excluding hydrogens is 311 g/mol. The van der Waals surface area contributed by atoms with Gasteiger partial charge in [-0.25, -0.2) is 4.79 Å². The van der Waals surface area contributed by atoms with Gasteiger partial charge in [-0.1, -0.05) is 6.07 Å². The molecule has 1 aromatic carbocycles. The second-order valence-electron chi connectivity index (χ2n) is 4.56. The third kappa shape index (κ3) is 4.59. The van der Waals surface area contributed by atoms with Gasteiger partial charge < -0.3 is 9.84 Å². The molecule has 0 bridgehead atoms. The zero-order valence-corrected chi connectivity index (χ0v) is 11.8. The zero-order chi connectivity index (χ0) is 14.8. The first-order chi connectivity index (χ1) is 9.38. The second-order valence-corrected chi connectivity index (χ2v) is 4.56. The van der Waals surface area contributed by atoms with Crippen molar-refractivity contribution in [2.45, 2.75) is 12.7 Å². The molecular formula is C13H15ClF3NO3. The summed E-state index contributed by atoms with van der Waals surface area (Å²) in [7, 11) is 0. The number of ether oxygens (including phenoxy) is 1. The predicted octanol–water partition coefficient (Wildman–Crippen LogP) is 2.66. The van der Waals surface area contributed by atoms with E-state index in [1.807, 2.05) is 4.90 Å². The lowest BCUT2D eigenvalue weighted by Crippen LogP contribution is -2.36. The highest BCUT2D eigenvalue weighted by Crippen LogP contribution is 2.33. The molecule has 21 heavy (non-hydrogen) atoms. The van der Waals surface area contributed by atoms with E-state index in [2.05, 4.69) is 0 Å². The summed E-state index contributed by atoms with van der Waals surface area (Å²) >= 11 is 0. The highest BCUT2D eigenvalue weighted by molar-refractivity contribution is 5.88. The number of rotatable bonds is 3. The molecule has 0 aliphatic carbocycles. The minimum atomic E-state index is -4.56. The number of hydrogen-bond acceptors (Lipinski definition) is 3. The van der Waals surface area contributed by atoms with Crippen LogP contribution >= 0.6 is 12.4 Å². The van der Waals surface area contributed by atoms with Crippen LogP contribution in [-0.4, -0.2) is 42.3 Å². The molecule has 1 aliphatic rings. The van der Waals surface area contributed by atoms with E-state index in [9.17, 15) is 18.0 Å². The lowest BCUT2D eigenvalue weighted by molar-refractivity contribution is -0.138. The summed E-state index contributed by atoms with van der Waals surface area (Å²) in [6, 6.07) is 3.13. The van der Waals surface area contributed by atoms with Crippen LogP contribution in [0.15, 0.2) is 18.2 Å². The number of alkyl halides is 3. The Labute approximate surface area is 125 Å². The van der Waals surface area contributed by atoms with E-state index < -0.39 is 17.7 Å². The van der Waals surface area contributed by atoms with Crippen LogP contribution in [0.25, 0.3) is 0 Å². The summed E-state index contributed by atoms with van der Waals surface area (Å²) in [6.45, 7) is 2.26. The molecule has 0 unspecified atom stereocenters. The van der Waals surface area contributed by atoms with E-state index in [1.165, 1.54) is 12.1 Å². The molecule has 0 atom stereocenters. The number of nitrogens with zero attached hydrogens (tertiary/aromatic N) is 1. The van der Waals surface area contributed by atoms with E-state index >= 15 is 0 Å². The van der Waals surface area contributed by atoms with Crippen LogP contribution in [0, 0.1) is 0 Å². The van der Waals surface area contributed by atoms with Gasteiger partial charge in [-0.15, -0.1) is 12.4 Å². The van der Waals surface area contributed by atoms with Crippen molar-refractivity contribution in [2.75, 3.05) is 26.3 Å². The molecule has 1 fully saturated rings. The maximum atomic E-state index is 13.0. The van der Waals surface area contributed by atoms with E-state index in [0.29, 0.717) is 32.4 Å². The third-order valence-electron chi connectivity index (χ3n) is 3.16. The Morgan fingerprint density at radius 3 is 2.43 bits per heavy atom. The van der Waals surface area contributed by atoms with Crippen LogP contribution in [0.4, 0.5) is 13.2 Å². The van der Waals surface area contributed by atoms with Gasteiger partial charge >= 0.3 is 12.1 Å². The Kier molecular flexibility index (Phi) is 6.00. The summed E-state index contributed by atoms with van der Waals surface area (Å²) in [5.74, 6) is -1.37. The van der Waals surface area contributed by atoms with E-state index in [4.69, 9.17) is 9.84 Å². The molecule has 1 N–H and O–H groups in total. The predicted molar refractivity (Wildman–Crippen MR) is 71.7 cm³/mol. The Bertz CT molecular complexity index is 502. The SMILES string of the molecule is Cl.O=C(O)c1ccc(CN2CCOCC2)c(C(F)(F)F)c1. The van der Waals surface area contributed by atoms with Crippen LogP contribution in [-0.2, 0) is 17.5 Å². The van der Waals surface area contributed by atoms with Gasteiger partial charge in [0.2, 0.25) is 0 Å². The van der Waals surface area contributed by atoms with E-state index in [0.717, 1.165) is 0 Å². The van der Waals surface area contributed by atoms with Gasteiger partial charge in [-0.05, 0) is 17.7 Å². The Balaban J connectivity index is 0.00000220. The molecule has 0 saturated carbocycles. The summed E-state index contributed by atoms with van der Waals surface area (Å²) in [5, 5.41) is 8.79. The molecule has 2 rings (SSSR count). The number of carbonyl (C=O) groups is 1. The lowest BCUT2D eigenvalue weighted by Gasteiger charge is -2.27. The maximum absolute atomic E-state index is 13.0. The van der Waals surface area contributed by atoms with Crippen LogP contribution in [0.5, 0.6) is 0 Å². The standard InChI is InChI=1S/C13H14F3NO3.ClH/c14-13(15,16)11-7-9(12(18)19)1-2-10(11)8-17-3-5-20-6-4-17;/h1-2,7H,3-6,8H2,(H,18,19);1H. The summed E-state index contributed by atoms with van der Waals surface area (Å²) in [6.07, 6.45) is -4.56. The minimum absolute atomic E-state index is 0. The highest BCUT2D eigenvalue weighted by atomic mass is 35.5. The van der Waals surface area contributed by atoms with Crippen molar-refractivity contribution in [2.24, 2.45) is 0 Å². The van der Waals surface area contributed by atoms with Gasteiger partial charge in [0.25, 0.3) is 0 Å². The third-order valence-corrected chi connectivity index (χ3v) is 3.16. The quantitative estimate of drug-likeness (QED) is 0.928. The Morgan fingerprint density at radius 1 is 1.29 bits per heavy atom. The van der Waals surface area contributed by atoms with Crippen molar-refractivity contribution in [3.05, 3.63) is 34.9 Å². The van der Waals surface area contributed by atoms with Crippen molar-refractivity contribution in [3.8, 4) is 0 Å². The average Bonchev–Trinajstić information content (AvgIpc) is 2.39. The largest absolute Gasteiger partial charge is 0.478 e. The summed E-state index contributed by atoms with van der Waals surface area (Å²) in [5.41, 5.74) is -1.16. The Hall–Kier alpha value is -1.31. The van der Waals surface area contributed by atoms with Crippen LogP contribution in [0.3, 0.4) is 0 Å². The van der Waals surface area contributed by atoms with Crippen molar-refractivity contribution < 1.29 is 27.8 Å². The summed E-state index contributed by atoms with van der Waals surface area (Å²) in [4.78, 5) is 12.6. The summed E-state index contributed by atoms with van der Waals surface area (Å²) < 4.78 is 44.2. The molecule has 0 radical (unpaired) electrons. The fourth-order valence-corrected chi connectivity index (χ4v) is 2.11. The molecule has 118 valence electrons. The van der Waals surface area contributed by atoms with Crippen molar-refractivity contribution in [3.63, 3.8) is 0 Å². The number of aromatic carboxylic acids is 1. The molecule has 1 aromatic rings. The van der Waals surface area contributed by atoms with Gasteiger partial charge in [0.1, 0.15) is 0 Å². The lowest BCUT2D eigenvalue weighted by atomic mass is 10.0. The first-order valence-electron chi connectivity index (χ1n) is 6.11. The molecule has 1 heterocycles. The molecule has 0 aromatic heterocycles. The molecule has 4 nitrogen and oxygen atoms in total. The fourth-order valence-electron chi connectivity index (χ4n) is 2.11. The van der Waals surface area contributed by atoms with Gasteiger partial charge in [0, 0.05) is 19.6 Å². The van der Waals surface area contributed by atoms with E-state index in [1.54, 1.807) is 0 Å². The van der Waals surface area contributed by atoms with Gasteiger partial charge in [-0.3, -0.25) is 4.90 Å². The fraction of sp³-hybridized carbons (Fsp3) is 0.462. The minimum Gasteiger partial charge on any atom is -0.478 e. The number of halogens is 4. The topological polar surface area (TPSA) is 49.8 Å². The maximum Gasteiger partial charge on any atom is 0.416 e. The molecule has 0 amide bonds. The van der Waals surface area contributed by atoms with Crippen molar-refractivity contribution in [1.82, 2.24) is 4.90 Å². The number of benzene rings is 1. The molecule has 0 spiro atoms. The van der Waals surface area contributed by atoms with Crippen molar-refractivity contribution >= 4 is 18.4 Å². The van der Waals surface area contributed by atoms with Gasteiger partial charge in [0.05, 0.1) is 24.3 Å². The average molecular weight is 326 g/mol. The van der Waals surface area contributed by atoms with Crippen molar-refractivity contribution in [1.29, 1.82) is 0 Å². The molecule has 8 heteroatoms. The normalized spacial score (nSPS) is 16.3. The van der Waals surface area contributed by atoms with Gasteiger partial charge in [0.15, 0.2) is 0 Å². The highest BCUT2D eigenvalue weighted by Gasteiger charge is 2.34. The van der Waals surface area contributed by atoms with Crippen LogP contribution in [0.2, 0.25) is 0 Å². The van der Waals surface area contributed by atoms with Crippen LogP contribution in [0.1, 0.15) is 21.5 Å². The Morgan fingerprint density at radius 2 is 1.90 bits per heavy atom. The number of hydrogen-bond donors (Lipinski definition) is 1.